The summed E-state index contributed by atoms with van der Waals surface area (Å²) >= 11 is 5.93. The van der Waals surface area contributed by atoms with Crippen LogP contribution in [0, 0.1) is 0 Å². The summed E-state index contributed by atoms with van der Waals surface area (Å²) in [4.78, 5) is 35.8. The first-order valence-electron chi connectivity index (χ1n) is 8.26. The van der Waals surface area contributed by atoms with E-state index in [1.807, 2.05) is 6.92 Å². The summed E-state index contributed by atoms with van der Waals surface area (Å²) in [7, 11) is 0. The molecule has 0 saturated heterocycles. The second-order valence-electron chi connectivity index (χ2n) is 5.62. The lowest BCUT2D eigenvalue weighted by Gasteiger charge is -2.09. The monoisotopic (exact) mass is 373 g/mol. The molecular weight excluding hydrogens is 354 g/mol. The van der Waals surface area contributed by atoms with E-state index >= 15 is 0 Å². The summed E-state index contributed by atoms with van der Waals surface area (Å²) in [5, 5.41) is 3.06. The van der Waals surface area contributed by atoms with Gasteiger partial charge in [0.15, 0.2) is 0 Å². The van der Waals surface area contributed by atoms with Gasteiger partial charge in [-0.3, -0.25) is 25.2 Å². The summed E-state index contributed by atoms with van der Waals surface area (Å²) in [5.74, 6) is -1.05. The average Bonchev–Trinajstić information content (AvgIpc) is 2.65. The molecule has 3 N–H and O–H groups in total. The highest BCUT2D eigenvalue weighted by Gasteiger charge is 2.11. The minimum atomic E-state index is -0.510. The molecule has 0 radical (unpaired) electrons. The van der Waals surface area contributed by atoms with Crippen LogP contribution >= 0.6 is 11.6 Å². The number of hydrogen-bond acceptors (Lipinski definition) is 3. The molecule has 0 aliphatic rings. The molecule has 0 fully saturated rings. The Morgan fingerprint density at radius 2 is 1.58 bits per heavy atom. The highest BCUT2D eigenvalue weighted by molar-refractivity contribution is 6.33. The molecular formula is C19H20ClN3O3. The normalized spacial score (nSPS) is 10.1. The van der Waals surface area contributed by atoms with Crippen LogP contribution in [-0.2, 0) is 4.79 Å². The van der Waals surface area contributed by atoms with E-state index < -0.39 is 11.8 Å². The third-order valence-corrected chi connectivity index (χ3v) is 3.93. The Morgan fingerprint density at radius 3 is 2.23 bits per heavy atom. The number of nitrogens with one attached hydrogen (secondary N) is 3. The first-order valence-corrected chi connectivity index (χ1v) is 8.64. The quantitative estimate of drug-likeness (QED) is 0.677. The number of rotatable bonds is 6. The van der Waals surface area contributed by atoms with Crippen molar-refractivity contribution in [1.82, 2.24) is 10.9 Å². The minimum Gasteiger partial charge on any atom is -0.326 e. The molecule has 0 unspecified atom stereocenters. The number of anilines is 1. The molecule has 0 atom stereocenters. The van der Waals surface area contributed by atoms with Gasteiger partial charge in [-0.05, 0) is 42.8 Å². The van der Waals surface area contributed by atoms with Crippen LogP contribution in [0.2, 0.25) is 5.02 Å². The number of halogens is 1. The van der Waals surface area contributed by atoms with Crippen molar-refractivity contribution in [3.63, 3.8) is 0 Å². The van der Waals surface area contributed by atoms with E-state index in [0.717, 1.165) is 12.8 Å². The summed E-state index contributed by atoms with van der Waals surface area (Å²) in [6, 6.07) is 12.9. The molecule has 0 aromatic heterocycles. The van der Waals surface area contributed by atoms with Gasteiger partial charge >= 0.3 is 0 Å². The number of carbonyl (C=O) groups is 3. The Hall–Kier alpha value is -2.86. The first kappa shape index (κ1) is 19.5. The number of hydrazine groups is 1. The SMILES string of the molecule is CCCCC(=O)Nc1ccc(C(=O)NNC(=O)c2ccccc2Cl)cc1. The third-order valence-electron chi connectivity index (χ3n) is 3.60. The van der Waals surface area contributed by atoms with Crippen LogP contribution < -0.4 is 16.2 Å². The molecule has 26 heavy (non-hydrogen) atoms. The van der Waals surface area contributed by atoms with Gasteiger partial charge in [-0.2, -0.15) is 0 Å². The average molecular weight is 374 g/mol. The smallest absolute Gasteiger partial charge is 0.271 e. The number of hydrogen-bond donors (Lipinski definition) is 3. The van der Waals surface area contributed by atoms with Crippen molar-refractivity contribution in [2.24, 2.45) is 0 Å². The zero-order valence-corrected chi connectivity index (χ0v) is 15.1. The lowest BCUT2D eigenvalue weighted by atomic mass is 10.2. The molecule has 0 saturated carbocycles. The highest BCUT2D eigenvalue weighted by atomic mass is 35.5. The van der Waals surface area contributed by atoms with Gasteiger partial charge < -0.3 is 5.32 Å². The third kappa shape index (κ3) is 5.60. The summed E-state index contributed by atoms with van der Waals surface area (Å²) in [6.45, 7) is 2.02. The first-order chi connectivity index (χ1) is 12.5. The van der Waals surface area contributed by atoms with E-state index in [4.69, 9.17) is 11.6 Å². The molecule has 2 aromatic rings. The minimum absolute atomic E-state index is 0.0592. The van der Waals surface area contributed by atoms with E-state index in [9.17, 15) is 14.4 Å². The topological polar surface area (TPSA) is 87.3 Å². The number of benzene rings is 2. The van der Waals surface area contributed by atoms with Crippen molar-refractivity contribution in [3.05, 3.63) is 64.7 Å². The Morgan fingerprint density at radius 1 is 0.923 bits per heavy atom. The molecule has 3 amide bonds. The van der Waals surface area contributed by atoms with Crippen molar-refractivity contribution < 1.29 is 14.4 Å². The summed E-state index contributed by atoms with van der Waals surface area (Å²) in [6.07, 6.45) is 2.25. The second kappa shape index (κ2) is 9.58. The Balaban J connectivity index is 1.89. The highest BCUT2D eigenvalue weighted by Crippen LogP contribution is 2.14. The van der Waals surface area contributed by atoms with Crippen molar-refractivity contribution in [2.75, 3.05) is 5.32 Å². The number of amides is 3. The van der Waals surface area contributed by atoms with Crippen molar-refractivity contribution in [1.29, 1.82) is 0 Å². The van der Waals surface area contributed by atoms with E-state index in [2.05, 4.69) is 16.2 Å². The second-order valence-corrected chi connectivity index (χ2v) is 6.02. The van der Waals surface area contributed by atoms with Crippen molar-refractivity contribution in [3.8, 4) is 0 Å². The Kier molecular flexibility index (Phi) is 7.17. The molecule has 0 aliphatic heterocycles. The molecule has 0 bridgehead atoms. The van der Waals surface area contributed by atoms with E-state index in [0.29, 0.717) is 22.7 Å². The molecule has 136 valence electrons. The molecule has 2 rings (SSSR count). The molecule has 0 spiro atoms. The van der Waals surface area contributed by atoms with Gasteiger partial charge in [0.2, 0.25) is 5.91 Å². The molecule has 6 nitrogen and oxygen atoms in total. The van der Waals surface area contributed by atoms with Crippen LogP contribution in [0.3, 0.4) is 0 Å². The van der Waals surface area contributed by atoms with Crippen LogP contribution in [0.5, 0.6) is 0 Å². The van der Waals surface area contributed by atoms with E-state index in [1.165, 1.54) is 0 Å². The van der Waals surface area contributed by atoms with Gasteiger partial charge in [-0.15, -0.1) is 0 Å². The van der Waals surface area contributed by atoms with Crippen LogP contribution in [0.15, 0.2) is 48.5 Å². The van der Waals surface area contributed by atoms with Crippen LogP contribution in [0.25, 0.3) is 0 Å². The lowest BCUT2D eigenvalue weighted by molar-refractivity contribution is -0.116. The van der Waals surface area contributed by atoms with Gasteiger partial charge in [0.25, 0.3) is 11.8 Å². The van der Waals surface area contributed by atoms with Gasteiger partial charge in [0.1, 0.15) is 0 Å². The van der Waals surface area contributed by atoms with E-state index in [-0.39, 0.29) is 11.5 Å². The van der Waals surface area contributed by atoms with Gasteiger partial charge in [-0.25, -0.2) is 0 Å². The molecule has 0 heterocycles. The van der Waals surface area contributed by atoms with E-state index in [1.54, 1.807) is 48.5 Å². The van der Waals surface area contributed by atoms with Crippen molar-refractivity contribution in [2.45, 2.75) is 26.2 Å². The summed E-state index contributed by atoms with van der Waals surface area (Å²) < 4.78 is 0. The molecule has 7 heteroatoms. The maximum absolute atomic E-state index is 12.1. The Labute approximate surface area is 156 Å². The maximum atomic E-state index is 12.1. The fourth-order valence-electron chi connectivity index (χ4n) is 2.16. The van der Waals surface area contributed by atoms with Crippen LogP contribution in [-0.4, -0.2) is 17.7 Å². The predicted octanol–water partition coefficient (Wildman–Crippen LogP) is 3.54. The zero-order valence-electron chi connectivity index (χ0n) is 14.3. The standard InChI is InChI=1S/C19H20ClN3O3/c1-2-3-8-17(24)21-14-11-9-13(10-12-14)18(25)22-23-19(26)15-6-4-5-7-16(15)20/h4-7,9-12H,2-3,8H2,1H3,(H,21,24)(H,22,25)(H,23,26). The zero-order chi connectivity index (χ0) is 18.9. The van der Waals surface area contributed by atoms with Crippen LogP contribution in [0.4, 0.5) is 5.69 Å². The molecule has 2 aromatic carbocycles. The maximum Gasteiger partial charge on any atom is 0.271 e. The molecule has 0 aliphatic carbocycles. The van der Waals surface area contributed by atoms with Gasteiger partial charge in [0, 0.05) is 17.7 Å². The Bertz CT molecular complexity index is 791. The van der Waals surface area contributed by atoms with Gasteiger partial charge in [0.05, 0.1) is 10.6 Å². The fraction of sp³-hybridized carbons (Fsp3) is 0.211. The lowest BCUT2D eigenvalue weighted by Crippen LogP contribution is -2.41. The van der Waals surface area contributed by atoms with Crippen LogP contribution in [0.1, 0.15) is 46.9 Å². The fourth-order valence-corrected chi connectivity index (χ4v) is 2.39. The number of unbranched alkanes of at least 4 members (excludes halogenated alkanes) is 1. The largest absolute Gasteiger partial charge is 0.326 e. The number of carbonyl (C=O) groups excluding carboxylic acids is 3. The summed E-state index contributed by atoms with van der Waals surface area (Å²) in [5.41, 5.74) is 5.86. The van der Waals surface area contributed by atoms with Crippen molar-refractivity contribution >= 4 is 35.0 Å². The predicted molar refractivity (Wildman–Crippen MR) is 101 cm³/mol. The van der Waals surface area contributed by atoms with Gasteiger partial charge in [-0.1, -0.05) is 37.1 Å².